The Balaban J connectivity index is 2.11. The molecule has 0 aromatic carbocycles. The summed E-state index contributed by atoms with van der Waals surface area (Å²) in [7, 11) is 1.84. The number of rotatable bonds is 3. The molecule has 0 bridgehead atoms. The van der Waals surface area contributed by atoms with Gasteiger partial charge in [0.15, 0.2) is 4.34 Å². The number of nitrogens with zero attached hydrogens (tertiary/aromatic N) is 4. The highest BCUT2D eigenvalue weighted by Gasteiger charge is 2.11. The smallest absolute Gasteiger partial charge is 0.174 e. The minimum atomic E-state index is 0.699. The van der Waals surface area contributed by atoms with E-state index in [-0.39, 0.29) is 0 Å². The maximum atomic E-state index is 6.11. The van der Waals surface area contributed by atoms with E-state index in [2.05, 4.69) is 15.3 Å². The van der Waals surface area contributed by atoms with Crippen LogP contribution in [0, 0.1) is 6.92 Å². The molecule has 15 heavy (non-hydrogen) atoms. The summed E-state index contributed by atoms with van der Waals surface area (Å²) < 4.78 is 2.64. The molecule has 80 valence electrons. The van der Waals surface area contributed by atoms with Gasteiger partial charge in [0.1, 0.15) is 10.7 Å². The highest BCUT2D eigenvalue weighted by molar-refractivity contribution is 8.00. The Morgan fingerprint density at radius 2 is 2.40 bits per heavy atom. The van der Waals surface area contributed by atoms with Crippen molar-refractivity contribution in [1.82, 2.24) is 20.0 Å². The number of aromatic nitrogens is 4. The van der Waals surface area contributed by atoms with Crippen LogP contribution in [0.4, 0.5) is 0 Å². The van der Waals surface area contributed by atoms with Gasteiger partial charge in [0.2, 0.25) is 0 Å². The van der Waals surface area contributed by atoms with E-state index in [1.54, 1.807) is 22.0 Å². The second kappa shape index (κ2) is 4.51. The van der Waals surface area contributed by atoms with Crippen LogP contribution in [0.3, 0.4) is 0 Å². The second-order valence-corrected chi connectivity index (χ2v) is 5.39. The zero-order chi connectivity index (χ0) is 10.8. The molecule has 0 fully saturated rings. The molecule has 7 heteroatoms. The molecule has 0 aliphatic heterocycles. The highest BCUT2D eigenvalue weighted by Crippen LogP contribution is 2.28. The standard InChI is InChI=1S/C8H9ClN4S2/c1-5-6(7(9)13(2)12-5)3-14-8-11-10-4-15-8/h4H,3H2,1-2H3. The molecule has 0 spiro atoms. The molecule has 0 N–H and O–H groups in total. The Kier molecular flexibility index (Phi) is 3.28. The summed E-state index contributed by atoms with van der Waals surface area (Å²) in [6.45, 7) is 1.96. The Morgan fingerprint density at radius 1 is 1.60 bits per heavy atom. The molecule has 2 aromatic heterocycles. The molecular weight excluding hydrogens is 252 g/mol. The molecule has 0 aliphatic rings. The van der Waals surface area contributed by atoms with Gasteiger partial charge in [-0.2, -0.15) is 5.10 Å². The topological polar surface area (TPSA) is 43.6 Å². The van der Waals surface area contributed by atoms with Crippen molar-refractivity contribution < 1.29 is 0 Å². The van der Waals surface area contributed by atoms with E-state index in [0.717, 1.165) is 21.3 Å². The van der Waals surface area contributed by atoms with Crippen LogP contribution < -0.4 is 0 Å². The van der Waals surface area contributed by atoms with Crippen LogP contribution >= 0.6 is 34.7 Å². The summed E-state index contributed by atoms with van der Waals surface area (Å²) in [4.78, 5) is 0. The van der Waals surface area contributed by atoms with Gasteiger partial charge in [-0.1, -0.05) is 34.7 Å². The van der Waals surface area contributed by atoms with Crippen LogP contribution in [0.1, 0.15) is 11.3 Å². The van der Waals surface area contributed by atoms with Gasteiger partial charge < -0.3 is 0 Å². The predicted octanol–water partition coefficient (Wildman–Crippen LogP) is 2.53. The molecule has 2 rings (SSSR count). The van der Waals surface area contributed by atoms with Crippen molar-refractivity contribution in [1.29, 1.82) is 0 Å². The minimum Gasteiger partial charge on any atom is -0.257 e. The molecule has 4 nitrogen and oxygen atoms in total. The van der Waals surface area contributed by atoms with Crippen molar-refractivity contribution >= 4 is 34.7 Å². The molecule has 0 unspecified atom stereocenters. The maximum absolute atomic E-state index is 6.11. The summed E-state index contributed by atoms with van der Waals surface area (Å²) in [6.07, 6.45) is 0. The van der Waals surface area contributed by atoms with Crippen LogP contribution in [0.25, 0.3) is 0 Å². The van der Waals surface area contributed by atoms with E-state index in [0.29, 0.717) is 5.15 Å². The molecule has 2 heterocycles. The predicted molar refractivity (Wildman–Crippen MR) is 62.4 cm³/mol. The van der Waals surface area contributed by atoms with E-state index < -0.39 is 0 Å². The number of halogens is 1. The zero-order valence-corrected chi connectivity index (χ0v) is 10.7. The van der Waals surface area contributed by atoms with Crippen molar-refractivity contribution in [2.45, 2.75) is 17.0 Å². The summed E-state index contributed by atoms with van der Waals surface area (Å²) in [6, 6.07) is 0. The van der Waals surface area contributed by atoms with Crippen molar-refractivity contribution in [2.24, 2.45) is 7.05 Å². The van der Waals surface area contributed by atoms with Crippen LogP contribution in [-0.2, 0) is 12.8 Å². The van der Waals surface area contributed by atoms with Gasteiger partial charge in [-0.25, -0.2) is 0 Å². The molecule has 0 radical (unpaired) electrons. The van der Waals surface area contributed by atoms with Gasteiger partial charge in [-0.05, 0) is 6.92 Å². The average Bonchev–Trinajstić information content (AvgIpc) is 2.76. The van der Waals surface area contributed by atoms with Crippen LogP contribution in [0.2, 0.25) is 5.15 Å². The first-order valence-electron chi connectivity index (χ1n) is 4.25. The first-order chi connectivity index (χ1) is 7.18. The third kappa shape index (κ3) is 2.32. The van der Waals surface area contributed by atoms with E-state index in [1.165, 1.54) is 11.3 Å². The van der Waals surface area contributed by atoms with Gasteiger partial charge in [0.25, 0.3) is 0 Å². The van der Waals surface area contributed by atoms with E-state index in [1.807, 2.05) is 14.0 Å². The fourth-order valence-electron chi connectivity index (χ4n) is 1.20. The molecule has 0 amide bonds. The number of aryl methyl sites for hydroxylation is 2. The monoisotopic (exact) mass is 260 g/mol. The molecule has 0 saturated heterocycles. The van der Waals surface area contributed by atoms with Crippen molar-refractivity contribution in [3.05, 3.63) is 21.9 Å². The lowest BCUT2D eigenvalue weighted by atomic mass is 10.3. The van der Waals surface area contributed by atoms with Crippen LogP contribution in [-0.4, -0.2) is 20.0 Å². The quantitative estimate of drug-likeness (QED) is 0.796. The summed E-state index contributed by atoms with van der Waals surface area (Å²) in [5, 5.41) is 12.7. The van der Waals surface area contributed by atoms with E-state index in [4.69, 9.17) is 11.6 Å². The van der Waals surface area contributed by atoms with Crippen molar-refractivity contribution in [3.8, 4) is 0 Å². The lowest BCUT2D eigenvalue weighted by Crippen LogP contribution is -1.89. The van der Waals surface area contributed by atoms with Gasteiger partial charge in [-0.3, -0.25) is 4.68 Å². The average molecular weight is 261 g/mol. The van der Waals surface area contributed by atoms with Crippen molar-refractivity contribution in [3.63, 3.8) is 0 Å². The highest BCUT2D eigenvalue weighted by atomic mass is 35.5. The lowest BCUT2D eigenvalue weighted by Gasteiger charge is -1.97. The normalized spacial score (nSPS) is 10.9. The Labute approximate surface area is 101 Å². The lowest BCUT2D eigenvalue weighted by molar-refractivity contribution is 0.757. The first-order valence-corrected chi connectivity index (χ1v) is 6.49. The van der Waals surface area contributed by atoms with E-state index in [9.17, 15) is 0 Å². The molecular formula is C8H9ClN4S2. The molecule has 0 aliphatic carbocycles. The fourth-order valence-corrected chi connectivity index (χ4v) is 3.09. The Morgan fingerprint density at radius 3 is 2.93 bits per heavy atom. The molecule has 2 aromatic rings. The number of hydrogen-bond donors (Lipinski definition) is 0. The molecule has 0 saturated carbocycles. The Bertz CT molecular complexity index is 451. The van der Waals surface area contributed by atoms with Gasteiger partial charge in [-0.15, -0.1) is 10.2 Å². The summed E-state index contributed by atoms with van der Waals surface area (Å²) in [5.41, 5.74) is 3.76. The maximum Gasteiger partial charge on any atom is 0.174 e. The largest absolute Gasteiger partial charge is 0.257 e. The third-order valence-corrected chi connectivity index (χ3v) is 4.31. The van der Waals surface area contributed by atoms with Gasteiger partial charge in [0.05, 0.1) is 5.69 Å². The van der Waals surface area contributed by atoms with Crippen LogP contribution in [0.5, 0.6) is 0 Å². The summed E-state index contributed by atoms with van der Waals surface area (Å²) in [5.74, 6) is 0.785. The van der Waals surface area contributed by atoms with Gasteiger partial charge >= 0.3 is 0 Å². The zero-order valence-electron chi connectivity index (χ0n) is 8.27. The minimum absolute atomic E-state index is 0.699. The van der Waals surface area contributed by atoms with E-state index >= 15 is 0 Å². The summed E-state index contributed by atoms with van der Waals surface area (Å²) >= 11 is 9.27. The SMILES string of the molecule is Cc1nn(C)c(Cl)c1CSc1nncs1. The second-order valence-electron chi connectivity index (χ2n) is 2.97. The Hall–Kier alpha value is -0.590. The third-order valence-electron chi connectivity index (χ3n) is 1.95. The number of hydrogen-bond acceptors (Lipinski definition) is 5. The fraction of sp³-hybridized carbons (Fsp3) is 0.375. The van der Waals surface area contributed by atoms with Crippen LogP contribution in [0.15, 0.2) is 9.85 Å². The number of thioether (sulfide) groups is 1. The van der Waals surface area contributed by atoms with Crippen molar-refractivity contribution in [2.75, 3.05) is 0 Å². The molecule has 0 atom stereocenters. The first kappa shape index (κ1) is 10.9. The van der Waals surface area contributed by atoms with Gasteiger partial charge in [0, 0.05) is 18.4 Å².